The number of anilines is 1. The maximum Gasteiger partial charge on any atom is 0.310 e. The normalized spacial score (nSPS) is 10.2. The Hall–Kier alpha value is -2.33. The molecule has 0 fully saturated rings. The van der Waals surface area contributed by atoms with Crippen LogP contribution in [0.25, 0.3) is 0 Å². The Kier molecular flexibility index (Phi) is 5.77. The number of nitrogens with one attached hydrogen (secondary N) is 1. The molecule has 5 heteroatoms. The zero-order valence-electron chi connectivity index (χ0n) is 13.1. The van der Waals surface area contributed by atoms with Crippen LogP contribution in [0, 0.1) is 13.8 Å². The van der Waals surface area contributed by atoms with Gasteiger partial charge in [-0.15, -0.1) is 0 Å². The minimum absolute atomic E-state index is 0.149. The smallest absolute Gasteiger partial charge is 0.310 e. The fourth-order valence-electron chi connectivity index (χ4n) is 2.08. The first-order chi connectivity index (χ1) is 11.0. The van der Waals surface area contributed by atoms with Gasteiger partial charge >= 0.3 is 5.97 Å². The summed E-state index contributed by atoms with van der Waals surface area (Å²) in [6.45, 7) is 3.46. The van der Waals surface area contributed by atoms with Crippen LogP contribution >= 0.6 is 11.6 Å². The first-order valence-electron chi connectivity index (χ1n) is 7.22. The molecule has 1 amide bonds. The number of carbonyl (C=O) groups is 2. The lowest BCUT2D eigenvalue weighted by molar-refractivity contribution is -0.146. The zero-order chi connectivity index (χ0) is 16.8. The monoisotopic (exact) mass is 331 g/mol. The maximum atomic E-state index is 11.9. The molecule has 4 nitrogen and oxygen atoms in total. The van der Waals surface area contributed by atoms with Gasteiger partial charge in [0, 0.05) is 10.7 Å². The Bertz CT molecular complexity index is 728. The molecular weight excluding hydrogens is 314 g/mol. The summed E-state index contributed by atoms with van der Waals surface area (Å²) < 4.78 is 5.02. The zero-order valence-corrected chi connectivity index (χ0v) is 13.8. The molecular formula is C18H18ClNO3. The summed E-state index contributed by atoms with van der Waals surface area (Å²) in [6.07, 6.45) is 0.149. The number of esters is 1. The van der Waals surface area contributed by atoms with E-state index >= 15 is 0 Å². The lowest BCUT2D eigenvalue weighted by Crippen LogP contribution is -2.22. The number of hydrogen-bond donors (Lipinski definition) is 1. The standard InChI is InChI=1S/C18H18ClNO3/c1-12-5-3-4-6-14(12)9-18(22)23-11-17(21)20-16-10-15(19)8-7-13(16)2/h3-8,10H,9,11H2,1-2H3,(H,20,21). The average molecular weight is 332 g/mol. The molecule has 0 spiro atoms. The van der Waals surface area contributed by atoms with Gasteiger partial charge in [0.2, 0.25) is 0 Å². The van der Waals surface area contributed by atoms with Gasteiger partial charge in [-0.25, -0.2) is 0 Å². The van der Waals surface area contributed by atoms with Crippen molar-refractivity contribution >= 4 is 29.2 Å². The third-order valence-electron chi connectivity index (χ3n) is 3.43. The van der Waals surface area contributed by atoms with E-state index in [0.29, 0.717) is 10.7 Å². The van der Waals surface area contributed by atoms with E-state index in [-0.39, 0.29) is 13.0 Å². The highest BCUT2D eigenvalue weighted by molar-refractivity contribution is 6.31. The lowest BCUT2D eigenvalue weighted by Gasteiger charge is -2.10. The van der Waals surface area contributed by atoms with E-state index in [1.165, 1.54) is 0 Å². The molecule has 0 saturated carbocycles. The summed E-state index contributed by atoms with van der Waals surface area (Å²) in [5.41, 5.74) is 3.40. The van der Waals surface area contributed by atoms with Gasteiger partial charge in [-0.2, -0.15) is 0 Å². The van der Waals surface area contributed by atoms with E-state index in [2.05, 4.69) is 5.32 Å². The molecule has 0 aliphatic heterocycles. The van der Waals surface area contributed by atoms with Gasteiger partial charge in [0.25, 0.3) is 5.91 Å². The summed E-state index contributed by atoms with van der Waals surface area (Å²) in [5.74, 6) is -0.828. The van der Waals surface area contributed by atoms with Crippen LogP contribution in [0.2, 0.25) is 5.02 Å². The number of aryl methyl sites for hydroxylation is 2. The Balaban J connectivity index is 1.85. The third-order valence-corrected chi connectivity index (χ3v) is 3.67. The van der Waals surface area contributed by atoms with E-state index in [1.807, 2.05) is 44.2 Å². The molecule has 1 N–H and O–H groups in total. The van der Waals surface area contributed by atoms with Gasteiger partial charge in [0.05, 0.1) is 6.42 Å². The maximum absolute atomic E-state index is 11.9. The van der Waals surface area contributed by atoms with Crippen LogP contribution in [-0.4, -0.2) is 18.5 Å². The summed E-state index contributed by atoms with van der Waals surface area (Å²) in [6, 6.07) is 12.8. The molecule has 2 aromatic rings. The van der Waals surface area contributed by atoms with E-state index in [1.54, 1.807) is 12.1 Å². The number of hydrogen-bond acceptors (Lipinski definition) is 3. The van der Waals surface area contributed by atoms with Crippen molar-refractivity contribution in [3.05, 3.63) is 64.2 Å². The van der Waals surface area contributed by atoms with Crippen LogP contribution in [0.3, 0.4) is 0 Å². The molecule has 0 aliphatic carbocycles. The largest absolute Gasteiger partial charge is 0.455 e. The highest BCUT2D eigenvalue weighted by atomic mass is 35.5. The molecule has 2 aromatic carbocycles. The molecule has 23 heavy (non-hydrogen) atoms. The molecule has 0 aliphatic rings. The van der Waals surface area contributed by atoms with Gasteiger partial charge in [-0.1, -0.05) is 41.9 Å². The first-order valence-corrected chi connectivity index (χ1v) is 7.59. The fourth-order valence-corrected chi connectivity index (χ4v) is 2.25. The molecule has 120 valence electrons. The van der Waals surface area contributed by atoms with Crippen LogP contribution in [0.4, 0.5) is 5.69 Å². The van der Waals surface area contributed by atoms with Gasteiger partial charge < -0.3 is 10.1 Å². The number of halogens is 1. The summed E-state index contributed by atoms with van der Waals surface area (Å²) >= 11 is 5.90. The minimum Gasteiger partial charge on any atom is -0.455 e. The molecule has 0 unspecified atom stereocenters. The predicted octanol–water partition coefficient (Wildman–Crippen LogP) is 3.68. The Morgan fingerprint density at radius 3 is 2.57 bits per heavy atom. The number of amides is 1. The Morgan fingerprint density at radius 1 is 1.09 bits per heavy atom. The third kappa shape index (κ3) is 5.11. The van der Waals surface area contributed by atoms with E-state index < -0.39 is 11.9 Å². The van der Waals surface area contributed by atoms with Gasteiger partial charge in [0.1, 0.15) is 0 Å². The highest BCUT2D eigenvalue weighted by Crippen LogP contribution is 2.20. The van der Waals surface area contributed by atoms with Crippen molar-refractivity contribution in [1.29, 1.82) is 0 Å². The molecule has 0 atom stereocenters. The van der Waals surface area contributed by atoms with Crippen LogP contribution in [0.5, 0.6) is 0 Å². The van der Waals surface area contributed by atoms with Gasteiger partial charge in [0.15, 0.2) is 6.61 Å². The molecule has 0 radical (unpaired) electrons. The minimum atomic E-state index is -0.433. The molecule has 0 heterocycles. The van der Waals surface area contributed by atoms with Crippen molar-refractivity contribution in [3.8, 4) is 0 Å². The average Bonchev–Trinajstić information content (AvgIpc) is 2.51. The van der Waals surface area contributed by atoms with Crippen molar-refractivity contribution in [2.24, 2.45) is 0 Å². The van der Waals surface area contributed by atoms with Crippen molar-refractivity contribution in [1.82, 2.24) is 0 Å². The molecule has 2 rings (SSSR count). The van der Waals surface area contributed by atoms with Crippen LogP contribution in [0.1, 0.15) is 16.7 Å². The number of benzene rings is 2. The van der Waals surface area contributed by atoms with Crippen LogP contribution in [0.15, 0.2) is 42.5 Å². The Labute approximate surface area is 140 Å². The number of rotatable bonds is 5. The quantitative estimate of drug-likeness (QED) is 0.850. The lowest BCUT2D eigenvalue weighted by atomic mass is 10.1. The summed E-state index contributed by atoms with van der Waals surface area (Å²) in [7, 11) is 0. The second-order valence-corrected chi connectivity index (χ2v) is 5.71. The van der Waals surface area contributed by atoms with Crippen molar-refractivity contribution in [2.45, 2.75) is 20.3 Å². The fraction of sp³-hybridized carbons (Fsp3) is 0.222. The molecule has 0 aromatic heterocycles. The SMILES string of the molecule is Cc1ccccc1CC(=O)OCC(=O)Nc1cc(Cl)ccc1C. The van der Waals surface area contributed by atoms with Crippen LogP contribution < -0.4 is 5.32 Å². The topological polar surface area (TPSA) is 55.4 Å². The van der Waals surface area contributed by atoms with Crippen molar-refractivity contribution in [3.63, 3.8) is 0 Å². The Morgan fingerprint density at radius 2 is 1.83 bits per heavy atom. The second-order valence-electron chi connectivity index (χ2n) is 5.27. The van der Waals surface area contributed by atoms with E-state index in [0.717, 1.165) is 16.7 Å². The van der Waals surface area contributed by atoms with E-state index in [9.17, 15) is 9.59 Å². The highest BCUT2D eigenvalue weighted by Gasteiger charge is 2.11. The molecule has 0 saturated heterocycles. The van der Waals surface area contributed by atoms with Gasteiger partial charge in [-0.05, 0) is 42.7 Å². The van der Waals surface area contributed by atoms with Gasteiger partial charge in [-0.3, -0.25) is 9.59 Å². The summed E-state index contributed by atoms with van der Waals surface area (Å²) in [4.78, 5) is 23.7. The number of carbonyl (C=O) groups excluding carboxylic acids is 2. The first kappa shape index (κ1) is 17.0. The number of ether oxygens (including phenoxy) is 1. The van der Waals surface area contributed by atoms with Crippen LogP contribution in [-0.2, 0) is 20.7 Å². The summed E-state index contributed by atoms with van der Waals surface area (Å²) in [5, 5.41) is 3.21. The van der Waals surface area contributed by atoms with E-state index in [4.69, 9.17) is 16.3 Å². The van der Waals surface area contributed by atoms with Crippen molar-refractivity contribution < 1.29 is 14.3 Å². The van der Waals surface area contributed by atoms with Crippen molar-refractivity contribution in [2.75, 3.05) is 11.9 Å². The molecule has 0 bridgehead atoms. The second kappa shape index (κ2) is 7.79. The predicted molar refractivity (Wildman–Crippen MR) is 90.7 cm³/mol.